The SMILES string of the molecule is O=S(=O)(c1cccc2ccccc12)n1cccc1. The highest BCUT2D eigenvalue weighted by atomic mass is 32.2. The van der Waals surface area contributed by atoms with Gasteiger partial charge in [-0.15, -0.1) is 0 Å². The molecule has 3 nitrogen and oxygen atoms in total. The van der Waals surface area contributed by atoms with Crippen molar-refractivity contribution in [2.45, 2.75) is 4.90 Å². The average Bonchev–Trinajstić information content (AvgIpc) is 2.92. The van der Waals surface area contributed by atoms with Crippen molar-refractivity contribution in [2.75, 3.05) is 0 Å². The second kappa shape index (κ2) is 3.99. The van der Waals surface area contributed by atoms with Gasteiger partial charge in [0.25, 0.3) is 10.0 Å². The van der Waals surface area contributed by atoms with Gasteiger partial charge in [-0.2, -0.15) is 0 Å². The van der Waals surface area contributed by atoms with E-state index in [1.807, 2.05) is 30.3 Å². The molecule has 0 bridgehead atoms. The molecule has 3 rings (SSSR count). The number of hydrogen-bond acceptors (Lipinski definition) is 2. The van der Waals surface area contributed by atoms with Crippen molar-refractivity contribution in [1.29, 1.82) is 0 Å². The van der Waals surface area contributed by atoms with Crippen molar-refractivity contribution in [3.05, 3.63) is 67.0 Å². The van der Waals surface area contributed by atoms with Crippen LogP contribution < -0.4 is 0 Å². The fourth-order valence-corrected chi connectivity index (χ4v) is 3.42. The Morgan fingerprint density at radius 2 is 1.44 bits per heavy atom. The highest BCUT2D eigenvalue weighted by Gasteiger charge is 2.18. The molecule has 0 amide bonds. The molecule has 4 heteroatoms. The van der Waals surface area contributed by atoms with E-state index >= 15 is 0 Å². The van der Waals surface area contributed by atoms with Crippen LogP contribution in [-0.4, -0.2) is 12.4 Å². The molecule has 18 heavy (non-hydrogen) atoms. The highest BCUT2D eigenvalue weighted by molar-refractivity contribution is 7.90. The summed E-state index contributed by atoms with van der Waals surface area (Å²) < 4.78 is 26.2. The fraction of sp³-hybridized carbons (Fsp3) is 0. The molecule has 0 saturated heterocycles. The van der Waals surface area contributed by atoms with Crippen molar-refractivity contribution in [2.24, 2.45) is 0 Å². The predicted molar refractivity (Wildman–Crippen MR) is 71.0 cm³/mol. The molecule has 0 aliphatic carbocycles. The van der Waals surface area contributed by atoms with E-state index in [1.54, 1.807) is 24.3 Å². The third-order valence-corrected chi connectivity index (χ3v) is 4.59. The third kappa shape index (κ3) is 1.62. The minimum absolute atomic E-state index is 0.330. The van der Waals surface area contributed by atoms with Crippen molar-refractivity contribution in [3.8, 4) is 0 Å². The van der Waals surface area contributed by atoms with Crippen molar-refractivity contribution in [1.82, 2.24) is 3.97 Å². The van der Waals surface area contributed by atoms with E-state index in [-0.39, 0.29) is 0 Å². The van der Waals surface area contributed by atoms with E-state index < -0.39 is 10.0 Å². The van der Waals surface area contributed by atoms with Gasteiger partial charge in [-0.05, 0) is 23.6 Å². The molecule has 0 fully saturated rings. The first-order valence-electron chi connectivity index (χ1n) is 5.56. The van der Waals surface area contributed by atoms with E-state index in [2.05, 4.69) is 0 Å². The summed E-state index contributed by atoms with van der Waals surface area (Å²) in [6, 6.07) is 16.2. The Morgan fingerprint density at radius 1 is 0.778 bits per heavy atom. The second-order valence-corrected chi connectivity index (χ2v) is 5.81. The van der Waals surface area contributed by atoms with Gasteiger partial charge in [-0.1, -0.05) is 36.4 Å². The Labute approximate surface area is 105 Å². The van der Waals surface area contributed by atoms with E-state index in [1.165, 1.54) is 16.4 Å². The Morgan fingerprint density at radius 3 is 2.22 bits per heavy atom. The van der Waals surface area contributed by atoms with Gasteiger partial charge in [-0.25, -0.2) is 12.4 Å². The molecule has 0 radical (unpaired) electrons. The van der Waals surface area contributed by atoms with Gasteiger partial charge in [0.05, 0.1) is 4.90 Å². The molecule has 0 saturated carbocycles. The van der Waals surface area contributed by atoms with Crippen LogP contribution in [0.3, 0.4) is 0 Å². The lowest BCUT2D eigenvalue weighted by molar-refractivity contribution is 0.588. The van der Waals surface area contributed by atoms with Gasteiger partial charge in [0.2, 0.25) is 0 Å². The van der Waals surface area contributed by atoms with Crippen molar-refractivity contribution < 1.29 is 8.42 Å². The monoisotopic (exact) mass is 257 g/mol. The van der Waals surface area contributed by atoms with E-state index in [0.717, 1.165) is 10.8 Å². The summed E-state index contributed by atoms with van der Waals surface area (Å²) in [7, 11) is -3.51. The van der Waals surface area contributed by atoms with Crippen LogP contribution in [0.2, 0.25) is 0 Å². The lowest BCUT2D eigenvalue weighted by Gasteiger charge is -2.08. The minimum atomic E-state index is -3.51. The zero-order valence-electron chi connectivity index (χ0n) is 9.52. The molecule has 0 atom stereocenters. The maximum Gasteiger partial charge on any atom is 0.268 e. The number of nitrogens with zero attached hydrogens (tertiary/aromatic N) is 1. The number of rotatable bonds is 2. The maximum absolute atomic E-state index is 12.5. The van der Waals surface area contributed by atoms with Crippen LogP contribution in [0.1, 0.15) is 0 Å². The number of fused-ring (bicyclic) bond motifs is 1. The second-order valence-electron chi connectivity index (χ2n) is 4.00. The van der Waals surface area contributed by atoms with Crippen LogP contribution in [0, 0.1) is 0 Å². The quantitative estimate of drug-likeness (QED) is 0.708. The largest absolute Gasteiger partial charge is 0.268 e. The van der Waals surface area contributed by atoms with Gasteiger partial charge < -0.3 is 0 Å². The lowest BCUT2D eigenvalue weighted by Crippen LogP contribution is -2.11. The van der Waals surface area contributed by atoms with Gasteiger partial charge in [0, 0.05) is 17.8 Å². The summed E-state index contributed by atoms with van der Waals surface area (Å²) >= 11 is 0. The molecule has 0 spiro atoms. The lowest BCUT2D eigenvalue weighted by atomic mass is 10.1. The topological polar surface area (TPSA) is 39.1 Å². The molecule has 0 N–H and O–H groups in total. The smallest absolute Gasteiger partial charge is 0.249 e. The number of hydrogen-bond donors (Lipinski definition) is 0. The van der Waals surface area contributed by atoms with Gasteiger partial charge >= 0.3 is 0 Å². The summed E-state index contributed by atoms with van der Waals surface area (Å²) in [5, 5.41) is 1.67. The normalized spacial score (nSPS) is 11.8. The standard InChI is InChI=1S/C14H11NO2S/c16-18(17,15-10-3-4-11-15)14-9-5-7-12-6-1-2-8-13(12)14/h1-11H. The number of aromatic nitrogens is 1. The molecular formula is C14H11NO2S. The summed E-state index contributed by atoms with van der Waals surface area (Å²) in [6.07, 6.45) is 3.08. The van der Waals surface area contributed by atoms with Crippen LogP contribution in [0.25, 0.3) is 10.8 Å². The predicted octanol–water partition coefficient (Wildman–Crippen LogP) is 2.88. The molecule has 1 heterocycles. The van der Waals surface area contributed by atoms with E-state index in [9.17, 15) is 8.42 Å². The Kier molecular flexibility index (Phi) is 2.45. The first kappa shape index (κ1) is 11.0. The fourth-order valence-electron chi connectivity index (χ4n) is 2.01. The van der Waals surface area contributed by atoms with Crippen LogP contribution in [0.5, 0.6) is 0 Å². The minimum Gasteiger partial charge on any atom is -0.249 e. The Bertz CT molecular complexity index is 784. The molecule has 1 aromatic heterocycles. The maximum atomic E-state index is 12.5. The first-order valence-corrected chi connectivity index (χ1v) is 7.00. The average molecular weight is 257 g/mol. The Balaban J connectivity index is 2.34. The molecule has 2 aromatic carbocycles. The number of benzene rings is 2. The molecule has 90 valence electrons. The highest BCUT2D eigenvalue weighted by Crippen LogP contribution is 2.24. The third-order valence-electron chi connectivity index (χ3n) is 2.88. The molecule has 0 aliphatic rings. The van der Waals surface area contributed by atoms with Crippen LogP contribution in [0.15, 0.2) is 71.9 Å². The van der Waals surface area contributed by atoms with Crippen LogP contribution >= 0.6 is 0 Å². The van der Waals surface area contributed by atoms with Gasteiger partial charge in [0.15, 0.2) is 0 Å². The molecule has 0 aliphatic heterocycles. The van der Waals surface area contributed by atoms with Crippen molar-refractivity contribution >= 4 is 20.8 Å². The van der Waals surface area contributed by atoms with Crippen LogP contribution in [-0.2, 0) is 10.0 Å². The zero-order chi connectivity index (χ0) is 12.6. The summed E-state index contributed by atoms with van der Waals surface area (Å²) in [5.74, 6) is 0. The zero-order valence-corrected chi connectivity index (χ0v) is 10.3. The summed E-state index contributed by atoms with van der Waals surface area (Å²) in [5.41, 5.74) is 0. The van der Waals surface area contributed by atoms with Crippen molar-refractivity contribution in [3.63, 3.8) is 0 Å². The summed E-state index contributed by atoms with van der Waals surface area (Å²) in [6.45, 7) is 0. The van der Waals surface area contributed by atoms with E-state index in [0.29, 0.717) is 4.90 Å². The van der Waals surface area contributed by atoms with Crippen LogP contribution in [0.4, 0.5) is 0 Å². The molecular weight excluding hydrogens is 246 g/mol. The summed E-state index contributed by atoms with van der Waals surface area (Å²) in [4.78, 5) is 0.330. The molecule has 0 unspecified atom stereocenters. The first-order chi connectivity index (χ1) is 8.69. The van der Waals surface area contributed by atoms with Gasteiger partial charge in [0.1, 0.15) is 0 Å². The van der Waals surface area contributed by atoms with Gasteiger partial charge in [-0.3, -0.25) is 0 Å². The molecule has 3 aromatic rings. The van der Waals surface area contributed by atoms with E-state index in [4.69, 9.17) is 0 Å². The Hall–Kier alpha value is -2.07.